The van der Waals surface area contributed by atoms with Gasteiger partial charge >= 0.3 is 0 Å². The third-order valence-electron chi connectivity index (χ3n) is 2.79. The molecule has 0 spiro atoms. The zero-order valence-corrected chi connectivity index (χ0v) is 12.4. The summed E-state index contributed by atoms with van der Waals surface area (Å²) in [4.78, 5) is 0. The summed E-state index contributed by atoms with van der Waals surface area (Å²) in [5, 5.41) is 9.32. The van der Waals surface area contributed by atoms with E-state index in [1.165, 1.54) is 0 Å². The van der Waals surface area contributed by atoms with E-state index in [1.807, 2.05) is 6.07 Å². The number of hydrogen-bond donors (Lipinski definition) is 1. The standard InChI is InChI=1S/C13H16Cl2N4/c1-8(2)5-13-12(7-16)17-18-19(13)9-3-4-10(14)11(15)6-9/h3-4,6,8H,5,7,16H2,1-2H3. The van der Waals surface area contributed by atoms with Crippen molar-refractivity contribution in [2.24, 2.45) is 11.7 Å². The molecule has 0 saturated heterocycles. The average molecular weight is 299 g/mol. The predicted molar refractivity (Wildman–Crippen MR) is 77.8 cm³/mol. The molecule has 1 aromatic heterocycles. The zero-order valence-electron chi connectivity index (χ0n) is 10.9. The highest BCUT2D eigenvalue weighted by molar-refractivity contribution is 6.42. The molecule has 0 unspecified atom stereocenters. The van der Waals surface area contributed by atoms with Gasteiger partial charge in [-0.3, -0.25) is 0 Å². The normalized spacial score (nSPS) is 11.3. The minimum Gasteiger partial charge on any atom is -0.325 e. The van der Waals surface area contributed by atoms with Gasteiger partial charge in [0.15, 0.2) is 0 Å². The predicted octanol–water partition coefficient (Wildman–Crippen LogP) is 3.23. The van der Waals surface area contributed by atoms with E-state index in [1.54, 1.807) is 16.8 Å². The Kier molecular flexibility index (Phi) is 4.45. The molecule has 2 aromatic rings. The van der Waals surface area contributed by atoms with Gasteiger partial charge in [0, 0.05) is 6.54 Å². The molecule has 1 heterocycles. The quantitative estimate of drug-likeness (QED) is 0.943. The summed E-state index contributed by atoms with van der Waals surface area (Å²) < 4.78 is 1.78. The molecule has 2 rings (SSSR count). The Morgan fingerprint density at radius 3 is 2.58 bits per heavy atom. The van der Waals surface area contributed by atoms with Crippen molar-refractivity contribution in [3.63, 3.8) is 0 Å². The molecule has 0 radical (unpaired) electrons. The summed E-state index contributed by atoms with van der Waals surface area (Å²) in [6.45, 7) is 4.67. The van der Waals surface area contributed by atoms with Crippen LogP contribution in [0.1, 0.15) is 25.2 Å². The second kappa shape index (κ2) is 5.90. The molecule has 0 atom stereocenters. The first-order valence-corrected chi connectivity index (χ1v) is 6.87. The Labute approximate surface area is 122 Å². The lowest BCUT2D eigenvalue weighted by molar-refractivity contribution is 0.611. The largest absolute Gasteiger partial charge is 0.325 e. The number of rotatable bonds is 4. The first kappa shape index (κ1) is 14.3. The molecule has 0 bridgehead atoms. The van der Waals surface area contributed by atoms with Gasteiger partial charge in [-0.2, -0.15) is 0 Å². The van der Waals surface area contributed by atoms with E-state index in [2.05, 4.69) is 24.2 Å². The molecule has 0 aliphatic rings. The molecule has 102 valence electrons. The van der Waals surface area contributed by atoms with Gasteiger partial charge in [0.05, 0.1) is 27.1 Å². The number of benzene rings is 1. The van der Waals surface area contributed by atoms with Crippen LogP contribution in [0.25, 0.3) is 5.69 Å². The molecule has 6 heteroatoms. The molecule has 0 aliphatic heterocycles. The smallest absolute Gasteiger partial charge is 0.0999 e. The first-order valence-electron chi connectivity index (χ1n) is 6.12. The molecule has 0 aliphatic carbocycles. The van der Waals surface area contributed by atoms with Gasteiger partial charge in [-0.1, -0.05) is 42.3 Å². The van der Waals surface area contributed by atoms with Gasteiger partial charge in [-0.15, -0.1) is 5.10 Å². The van der Waals surface area contributed by atoms with Gasteiger partial charge in [-0.25, -0.2) is 4.68 Å². The Morgan fingerprint density at radius 2 is 2.00 bits per heavy atom. The van der Waals surface area contributed by atoms with E-state index in [4.69, 9.17) is 28.9 Å². The topological polar surface area (TPSA) is 56.7 Å². The average Bonchev–Trinajstić information content (AvgIpc) is 2.75. The molecule has 2 N–H and O–H groups in total. The lowest BCUT2D eigenvalue weighted by Gasteiger charge is -2.10. The van der Waals surface area contributed by atoms with Crippen LogP contribution in [-0.4, -0.2) is 15.0 Å². The van der Waals surface area contributed by atoms with Gasteiger partial charge in [-0.05, 0) is 30.5 Å². The van der Waals surface area contributed by atoms with Crippen LogP contribution in [0.15, 0.2) is 18.2 Å². The fraction of sp³-hybridized carbons (Fsp3) is 0.385. The van der Waals surface area contributed by atoms with Crippen LogP contribution < -0.4 is 5.73 Å². The van der Waals surface area contributed by atoms with Crippen LogP contribution in [0, 0.1) is 5.92 Å². The highest BCUT2D eigenvalue weighted by Crippen LogP contribution is 2.25. The summed E-state index contributed by atoms with van der Waals surface area (Å²) in [5.74, 6) is 0.491. The minimum atomic E-state index is 0.378. The number of halogens is 2. The summed E-state index contributed by atoms with van der Waals surface area (Å²) in [7, 11) is 0. The van der Waals surface area contributed by atoms with Gasteiger partial charge in [0.25, 0.3) is 0 Å². The highest BCUT2D eigenvalue weighted by atomic mass is 35.5. The molecular weight excluding hydrogens is 283 g/mol. The SMILES string of the molecule is CC(C)Cc1c(CN)nnn1-c1ccc(Cl)c(Cl)c1. The molecule has 0 fully saturated rings. The van der Waals surface area contributed by atoms with E-state index in [9.17, 15) is 0 Å². The lowest BCUT2D eigenvalue weighted by Crippen LogP contribution is -2.09. The molecular formula is C13H16Cl2N4. The number of nitrogens with two attached hydrogens (primary N) is 1. The minimum absolute atomic E-state index is 0.378. The Balaban J connectivity index is 2.48. The van der Waals surface area contributed by atoms with E-state index in [0.29, 0.717) is 22.5 Å². The van der Waals surface area contributed by atoms with Crippen molar-refractivity contribution in [3.05, 3.63) is 39.6 Å². The maximum Gasteiger partial charge on any atom is 0.0999 e. The monoisotopic (exact) mass is 298 g/mol. The van der Waals surface area contributed by atoms with Gasteiger partial charge in [0.1, 0.15) is 0 Å². The fourth-order valence-electron chi connectivity index (χ4n) is 1.91. The fourth-order valence-corrected chi connectivity index (χ4v) is 2.20. The summed E-state index contributed by atoms with van der Waals surface area (Å²) in [5.41, 5.74) is 8.40. The van der Waals surface area contributed by atoms with E-state index >= 15 is 0 Å². The summed E-state index contributed by atoms with van der Waals surface area (Å²) in [6.07, 6.45) is 0.861. The van der Waals surface area contributed by atoms with Crippen LogP contribution in [-0.2, 0) is 13.0 Å². The molecule has 4 nitrogen and oxygen atoms in total. The maximum absolute atomic E-state index is 6.04. The van der Waals surface area contributed by atoms with Crippen LogP contribution in [0.2, 0.25) is 10.0 Å². The second-order valence-electron chi connectivity index (χ2n) is 4.80. The van der Waals surface area contributed by atoms with Crippen molar-refractivity contribution >= 4 is 23.2 Å². The number of hydrogen-bond acceptors (Lipinski definition) is 3. The van der Waals surface area contributed by atoms with E-state index < -0.39 is 0 Å². The van der Waals surface area contributed by atoms with E-state index in [-0.39, 0.29) is 0 Å². The maximum atomic E-state index is 6.04. The van der Waals surface area contributed by atoms with Crippen molar-refractivity contribution in [2.45, 2.75) is 26.8 Å². The second-order valence-corrected chi connectivity index (χ2v) is 5.61. The van der Waals surface area contributed by atoms with Crippen molar-refractivity contribution in [1.29, 1.82) is 0 Å². The van der Waals surface area contributed by atoms with Crippen molar-refractivity contribution in [1.82, 2.24) is 15.0 Å². The number of aromatic nitrogens is 3. The molecule has 0 saturated carbocycles. The number of nitrogens with zero attached hydrogens (tertiary/aromatic N) is 3. The summed E-state index contributed by atoms with van der Waals surface area (Å²) in [6, 6.07) is 5.40. The molecule has 0 amide bonds. The Morgan fingerprint density at radius 1 is 1.26 bits per heavy atom. The van der Waals surface area contributed by atoms with Crippen LogP contribution in [0.3, 0.4) is 0 Å². The van der Waals surface area contributed by atoms with Crippen molar-refractivity contribution in [2.75, 3.05) is 0 Å². The Hall–Kier alpha value is -1.10. The van der Waals surface area contributed by atoms with E-state index in [0.717, 1.165) is 23.5 Å². The summed E-state index contributed by atoms with van der Waals surface area (Å²) >= 11 is 12.0. The van der Waals surface area contributed by atoms with Crippen molar-refractivity contribution in [3.8, 4) is 5.69 Å². The van der Waals surface area contributed by atoms with Crippen LogP contribution in [0.4, 0.5) is 0 Å². The van der Waals surface area contributed by atoms with Crippen LogP contribution >= 0.6 is 23.2 Å². The van der Waals surface area contributed by atoms with Crippen molar-refractivity contribution < 1.29 is 0 Å². The van der Waals surface area contributed by atoms with Gasteiger partial charge < -0.3 is 5.73 Å². The Bertz CT molecular complexity index is 578. The van der Waals surface area contributed by atoms with Gasteiger partial charge in [0.2, 0.25) is 0 Å². The third kappa shape index (κ3) is 3.08. The molecule has 19 heavy (non-hydrogen) atoms. The molecule has 1 aromatic carbocycles. The zero-order chi connectivity index (χ0) is 14.0. The lowest BCUT2D eigenvalue weighted by atomic mass is 10.1. The third-order valence-corrected chi connectivity index (χ3v) is 3.53. The highest BCUT2D eigenvalue weighted by Gasteiger charge is 2.15. The first-order chi connectivity index (χ1) is 9.02. The van der Waals surface area contributed by atoms with Crippen LogP contribution in [0.5, 0.6) is 0 Å².